The van der Waals surface area contributed by atoms with Gasteiger partial charge in [-0.15, -0.1) is 0 Å². The number of phosphoric ester groups is 1. The third-order valence-corrected chi connectivity index (χ3v) is 5.47. The van der Waals surface area contributed by atoms with Gasteiger partial charge in [-0.1, -0.05) is 18.2 Å². The summed E-state index contributed by atoms with van der Waals surface area (Å²) in [5, 5.41) is 0. The van der Waals surface area contributed by atoms with Crippen LogP contribution in [0, 0.1) is 5.82 Å². The number of nitrogens with one attached hydrogen (secondary N) is 1. The van der Waals surface area contributed by atoms with Crippen molar-refractivity contribution in [2.45, 2.75) is 24.9 Å². The van der Waals surface area contributed by atoms with E-state index >= 15 is 0 Å². The highest BCUT2D eigenvalue weighted by Crippen LogP contribution is 2.56. The van der Waals surface area contributed by atoms with Crippen LogP contribution in [0.4, 0.5) is 4.39 Å². The maximum atomic E-state index is 13.5. The van der Waals surface area contributed by atoms with Crippen molar-refractivity contribution in [2.24, 2.45) is 0 Å². The first-order valence-corrected chi connectivity index (χ1v) is 9.24. The van der Waals surface area contributed by atoms with Gasteiger partial charge >= 0.3 is 13.5 Å². The summed E-state index contributed by atoms with van der Waals surface area (Å²) in [5.41, 5.74) is -1.92. The minimum Gasteiger partial charge on any atom is -0.404 e. The smallest absolute Gasteiger partial charge is 0.404 e. The van der Waals surface area contributed by atoms with E-state index < -0.39 is 43.3 Å². The van der Waals surface area contributed by atoms with Crippen LogP contribution in [0.25, 0.3) is 0 Å². The molecular formula is C15H14FN2O7P. The number of fused-ring (bicyclic) bond motifs is 1. The van der Waals surface area contributed by atoms with Crippen molar-refractivity contribution in [2.75, 3.05) is 6.61 Å². The van der Waals surface area contributed by atoms with Crippen LogP contribution in [0.2, 0.25) is 0 Å². The zero-order chi connectivity index (χ0) is 18.3. The van der Waals surface area contributed by atoms with Crippen molar-refractivity contribution >= 4 is 7.82 Å². The van der Waals surface area contributed by atoms with Crippen LogP contribution in [-0.2, 0) is 18.3 Å². The van der Waals surface area contributed by atoms with Gasteiger partial charge in [-0.2, -0.15) is 4.39 Å². The molecule has 0 saturated carbocycles. The number of benzene rings is 1. The van der Waals surface area contributed by atoms with Crippen molar-refractivity contribution in [1.29, 1.82) is 0 Å². The molecule has 0 spiro atoms. The molecular weight excluding hydrogens is 370 g/mol. The molecule has 2 aromatic rings. The van der Waals surface area contributed by atoms with Crippen molar-refractivity contribution in [1.82, 2.24) is 9.55 Å². The molecule has 1 unspecified atom stereocenters. The summed E-state index contributed by atoms with van der Waals surface area (Å²) in [6, 6.07) is 8.40. The molecule has 2 aliphatic heterocycles. The predicted molar refractivity (Wildman–Crippen MR) is 85.3 cm³/mol. The fourth-order valence-corrected chi connectivity index (χ4v) is 4.25. The number of aromatic amines is 1. The molecule has 26 heavy (non-hydrogen) atoms. The molecule has 4 atom stereocenters. The van der Waals surface area contributed by atoms with Gasteiger partial charge in [-0.05, 0) is 12.1 Å². The second-order valence-electron chi connectivity index (χ2n) is 5.80. The van der Waals surface area contributed by atoms with Gasteiger partial charge in [-0.25, -0.2) is 9.36 Å². The summed E-state index contributed by atoms with van der Waals surface area (Å²) in [6.07, 6.45) is -1.30. The number of halogens is 1. The topological polar surface area (TPSA) is 109 Å². The number of ether oxygens (including phenoxy) is 1. The molecule has 138 valence electrons. The highest BCUT2D eigenvalue weighted by molar-refractivity contribution is 7.49. The zero-order valence-electron chi connectivity index (χ0n) is 13.2. The largest absolute Gasteiger partial charge is 0.530 e. The average molecular weight is 384 g/mol. The van der Waals surface area contributed by atoms with Gasteiger partial charge < -0.3 is 9.26 Å². The first-order chi connectivity index (χ1) is 12.4. The Balaban J connectivity index is 1.51. The Morgan fingerprint density at radius 3 is 2.77 bits per heavy atom. The number of para-hydroxylation sites is 1. The monoisotopic (exact) mass is 384 g/mol. The van der Waals surface area contributed by atoms with E-state index in [1.54, 1.807) is 30.3 Å². The fraction of sp³-hybridized carbons (Fsp3) is 0.333. The fourth-order valence-electron chi connectivity index (χ4n) is 2.83. The second kappa shape index (κ2) is 6.48. The van der Waals surface area contributed by atoms with Gasteiger partial charge in [0.15, 0.2) is 0 Å². The molecule has 0 bridgehead atoms. The standard InChI is InChI=1S/C15H14FN2O7P/c16-10-7-18(15(20)17-14(10)19)13-6-11-12(23-13)8-22-26(21,25-11)24-9-4-2-1-3-5-9/h1-5,7,11-13H,6,8H2,(H,17,19,20)/t11-,12+,13+,26?/m0/s1. The van der Waals surface area contributed by atoms with E-state index in [2.05, 4.69) is 0 Å². The van der Waals surface area contributed by atoms with Gasteiger partial charge in [0.25, 0.3) is 5.56 Å². The number of hydrogen-bond donors (Lipinski definition) is 1. The van der Waals surface area contributed by atoms with E-state index in [9.17, 15) is 18.5 Å². The Morgan fingerprint density at radius 1 is 1.23 bits per heavy atom. The zero-order valence-corrected chi connectivity index (χ0v) is 14.1. The van der Waals surface area contributed by atoms with Crippen LogP contribution < -0.4 is 15.8 Å². The average Bonchev–Trinajstić information content (AvgIpc) is 3.01. The van der Waals surface area contributed by atoms with Gasteiger partial charge in [0.1, 0.15) is 24.2 Å². The Hall–Kier alpha value is -2.26. The molecule has 1 aromatic carbocycles. The molecule has 0 aliphatic carbocycles. The van der Waals surface area contributed by atoms with Crippen LogP contribution in [0.3, 0.4) is 0 Å². The quantitative estimate of drug-likeness (QED) is 0.800. The summed E-state index contributed by atoms with van der Waals surface area (Å²) < 4.78 is 48.7. The third kappa shape index (κ3) is 3.24. The van der Waals surface area contributed by atoms with Gasteiger partial charge in [0, 0.05) is 6.42 Å². The lowest BCUT2D eigenvalue weighted by Gasteiger charge is -2.29. The Kier molecular flexibility index (Phi) is 4.28. The molecule has 2 saturated heterocycles. The third-order valence-electron chi connectivity index (χ3n) is 4.04. The van der Waals surface area contributed by atoms with Crippen molar-refractivity contribution in [3.8, 4) is 5.75 Å². The summed E-state index contributed by atoms with van der Waals surface area (Å²) in [6.45, 7) is -0.0775. The van der Waals surface area contributed by atoms with Crippen LogP contribution in [0.1, 0.15) is 12.6 Å². The molecule has 9 nitrogen and oxygen atoms in total. The van der Waals surface area contributed by atoms with Crippen LogP contribution in [0.15, 0.2) is 46.1 Å². The lowest BCUT2D eigenvalue weighted by molar-refractivity contribution is -0.0668. The number of phosphoric acid groups is 1. The Bertz CT molecular complexity index is 976. The lowest BCUT2D eigenvalue weighted by Crippen LogP contribution is -2.34. The molecule has 0 radical (unpaired) electrons. The highest BCUT2D eigenvalue weighted by atomic mass is 31.2. The normalized spacial score (nSPS) is 30.7. The number of hydrogen-bond acceptors (Lipinski definition) is 7. The SMILES string of the molecule is O=c1[nH]c(=O)n([C@H]2C[C@@H]3OP(=O)(Oc4ccccc4)OC[C@H]3O2)cc1F. The number of aromatic nitrogens is 2. The van der Waals surface area contributed by atoms with Gasteiger partial charge in [-0.3, -0.25) is 23.4 Å². The van der Waals surface area contributed by atoms with Crippen LogP contribution in [0.5, 0.6) is 5.75 Å². The summed E-state index contributed by atoms with van der Waals surface area (Å²) in [7, 11) is -3.85. The predicted octanol–water partition coefficient (Wildman–Crippen LogP) is 1.57. The van der Waals surface area contributed by atoms with Crippen molar-refractivity contribution in [3.05, 3.63) is 63.2 Å². The van der Waals surface area contributed by atoms with Gasteiger partial charge in [0.05, 0.1) is 12.8 Å². The minimum absolute atomic E-state index is 0.0775. The number of H-pyrrole nitrogens is 1. The van der Waals surface area contributed by atoms with Crippen molar-refractivity contribution < 1.29 is 27.3 Å². The van der Waals surface area contributed by atoms with E-state index in [-0.39, 0.29) is 13.0 Å². The van der Waals surface area contributed by atoms with Crippen molar-refractivity contribution in [3.63, 3.8) is 0 Å². The first-order valence-electron chi connectivity index (χ1n) is 7.77. The van der Waals surface area contributed by atoms with Crippen LogP contribution in [-0.4, -0.2) is 28.4 Å². The molecule has 3 heterocycles. The second-order valence-corrected chi connectivity index (χ2v) is 7.35. The minimum atomic E-state index is -3.85. The Morgan fingerprint density at radius 2 is 2.00 bits per heavy atom. The molecule has 1 N–H and O–H groups in total. The first kappa shape index (κ1) is 17.2. The molecule has 4 rings (SSSR count). The van der Waals surface area contributed by atoms with E-state index in [4.69, 9.17) is 18.3 Å². The number of nitrogens with zero attached hydrogens (tertiary/aromatic N) is 1. The van der Waals surface area contributed by atoms with Crippen LogP contribution >= 0.6 is 7.82 Å². The van der Waals surface area contributed by atoms with E-state index in [1.807, 2.05) is 4.98 Å². The summed E-state index contributed by atoms with van der Waals surface area (Å²) in [4.78, 5) is 24.9. The highest BCUT2D eigenvalue weighted by Gasteiger charge is 2.48. The number of rotatable bonds is 3. The maximum absolute atomic E-state index is 13.5. The molecule has 11 heteroatoms. The molecule has 1 aromatic heterocycles. The Labute approximate surface area is 145 Å². The van der Waals surface area contributed by atoms with Gasteiger partial charge in [0.2, 0.25) is 5.82 Å². The molecule has 0 amide bonds. The van der Waals surface area contributed by atoms with E-state index in [0.717, 1.165) is 10.8 Å². The lowest BCUT2D eigenvalue weighted by atomic mass is 10.2. The maximum Gasteiger partial charge on any atom is 0.530 e. The summed E-state index contributed by atoms with van der Waals surface area (Å²) in [5.74, 6) is -0.790. The van der Waals surface area contributed by atoms with E-state index in [0.29, 0.717) is 5.75 Å². The molecule has 2 fully saturated rings. The molecule has 2 aliphatic rings. The van der Waals surface area contributed by atoms with E-state index in [1.165, 1.54) is 0 Å². The summed E-state index contributed by atoms with van der Waals surface area (Å²) >= 11 is 0.